The summed E-state index contributed by atoms with van der Waals surface area (Å²) >= 11 is 0.679. The number of methoxy groups -OCH3 is 1. The van der Waals surface area contributed by atoms with Crippen molar-refractivity contribution >= 4 is 27.3 Å². The van der Waals surface area contributed by atoms with Gasteiger partial charge in [0, 0.05) is 13.0 Å². The lowest BCUT2D eigenvalue weighted by molar-refractivity contribution is -0.135. The van der Waals surface area contributed by atoms with Gasteiger partial charge in [0.25, 0.3) is 10.0 Å². The Morgan fingerprint density at radius 3 is 2.70 bits per heavy atom. The summed E-state index contributed by atoms with van der Waals surface area (Å²) in [5.41, 5.74) is 0.747. The van der Waals surface area contributed by atoms with E-state index in [4.69, 9.17) is 0 Å². The first-order valence-electron chi connectivity index (χ1n) is 5.25. The molecule has 11 heteroatoms. The third-order valence-electron chi connectivity index (χ3n) is 2.09. The molecule has 1 heterocycles. The highest BCUT2D eigenvalue weighted by atomic mass is 32.2. The number of hydrogen-bond donors (Lipinski definition) is 1. The van der Waals surface area contributed by atoms with Gasteiger partial charge in [-0.1, -0.05) is 0 Å². The summed E-state index contributed by atoms with van der Waals surface area (Å²) in [6, 6.07) is 0. The van der Waals surface area contributed by atoms with E-state index in [9.17, 15) is 26.4 Å². The average Bonchev–Trinajstić information content (AvgIpc) is 2.82. The Bertz CT molecular complexity index is 568. The van der Waals surface area contributed by atoms with Gasteiger partial charge in [0.1, 0.15) is 0 Å². The van der Waals surface area contributed by atoms with E-state index in [1.54, 1.807) is 0 Å². The van der Waals surface area contributed by atoms with Crippen LogP contribution in [0.15, 0.2) is 9.72 Å². The molecule has 6 nitrogen and oxygen atoms in total. The molecule has 0 saturated heterocycles. The van der Waals surface area contributed by atoms with Crippen LogP contribution >= 0.6 is 11.3 Å². The summed E-state index contributed by atoms with van der Waals surface area (Å²) < 4.78 is 65.4. The maximum Gasteiger partial charge on any atom is 0.389 e. The maximum atomic E-state index is 11.9. The number of carbonyl (C=O) groups is 1. The molecule has 1 aromatic heterocycles. The van der Waals surface area contributed by atoms with Crippen LogP contribution in [0.4, 0.5) is 13.2 Å². The van der Waals surface area contributed by atoms with E-state index in [-0.39, 0.29) is 16.4 Å². The molecule has 0 spiro atoms. The number of esters is 1. The molecule has 0 fully saturated rings. The highest BCUT2D eigenvalue weighted by Crippen LogP contribution is 2.22. The van der Waals surface area contributed by atoms with Crippen molar-refractivity contribution in [1.29, 1.82) is 0 Å². The number of nitrogens with one attached hydrogen (secondary N) is 1. The van der Waals surface area contributed by atoms with Gasteiger partial charge in [-0.25, -0.2) is 22.9 Å². The van der Waals surface area contributed by atoms with Crippen LogP contribution in [0.1, 0.15) is 23.3 Å². The predicted molar refractivity (Wildman–Crippen MR) is 63.9 cm³/mol. The number of sulfonamides is 1. The molecule has 114 valence electrons. The molecule has 1 N–H and O–H groups in total. The molecule has 0 saturated carbocycles. The second-order valence-corrected chi connectivity index (χ2v) is 6.41. The van der Waals surface area contributed by atoms with Crippen LogP contribution in [0.25, 0.3) is 0 Å². The smallest absolute Gasteiger partial charge is 0.389 e. The fourth-order valence-corrected chi connectivity index (χ4v) is 3.47. The minimum Gasteiger partial charge on any atom is -0.464 e. The van der Waals surface area contributed by atoms with E-state index >= 15 is 0 Å². The quantitative estimate of drug-likeness (QED) is 0.631. The summed E-state index contributed by atoms with van der Waals surface area (Å²) in [6.07, 6.45) is -5.83. The molecule has 0 bridgehead atoms. The van der Waals surface area contributed by atoms with Gasteiger partial charge in [0.15, 0.2) is 9.90 Å². The van der Waals surface area contributed by atoms with Crippen LogP contribution in [0.3, 0.4) is 0 Å². The number of thiazole rings is 1. The van der Waals surface area contributed by atoms with Crippen molar-refractivity contribution in [2.45, 2.75) is 23.2 Å². The molecule has 0 amide bonds. The Kier molecular flexibility index (Phi) is 5.48. The van der Waals surface area contributed by atoms with Gasteiger partial charge < -0.3 is 4.74 Å². The summed E-state index contributed by atoms with van der Waals surface area (Å²) in [4.78, 5) is 14.8. The van der Waals surface area contributed by atoms with Crippen LogP contribution in [0.2, 0.25) is 0 Å². The number of nitrogens with zero attached hydrogens (tertiary/aromatic N) is 1. The van der Waals surface area contributed by atoms with Crippen molar-refractivity contribution in [2.75, 3.05) is 13.7 Å². The van der Waals surface area contributed by atoms with Gasteiger partial charge >= 0.3 is 12.1 Å². The molecular formula is C9H11F3N2O4S2. The molecule has 0 unspecified atom stereocenters. The Balaban J connectivity index is 2.70. The first kappa shape index (κ1) is 16.9. The van der Waals surface area contributed by atoms with Crippen molar-refractivity contribution < 1.29 is 31.1 Å². The summed E-state index contributed by atoms with van der Waals surface area (Å²) in [5.74, 6) is -0.929. The minimum absolute atomic E-state index is 0.378. The number of alkyl halides is 3. The van der Waals surface area contributed by atoms with E-state index < -0.39 is 35.0 Å². The van der Waals surface area contributed by atoms with Crippen molar-refractivity contribution in [2.24, 2.45) is 0 Å². The molecule has 20 heavy (non-hydrogen) atoms. The molecular weight excluding hydrogens is 321 g/mol. The van der Waals surface area contributed by atoms with Gasteiger partial charge in [0.2, 0.25) is 0 Å². The average molecular weight is 332 g/mol. The normalized spacial score (nSPS) is 12.4. The first-order valence-corrected chi connectivity index (χ1v) is 7.62. The standard InChI is InChI=1S/C9H11F3N2O4S2/c1-18-7(15)6-8(19-5-13-6)20(16,17)14-4-2-3-9(10,11)12/h5,14H,2-4H2,1H3. The maximum absolute atomic E-state index is 11.9. The predicted octanol–water partition coefficient (Wildman–Crippen LogP) is 1.55. The minimum atomic E-state index is -4.34. The molecule has 0 aliphatic rings. The first-order chi connectivity index (χ1) is 9.17. The summed E-state index contributed by atoms with van der Waals surface area (Å²) in [6.45, 7) is -0.389. The van der Waals surface area contributed by atoms with E-state index in [1.807, 2.05) is 4.72 Å². The number of hydrogen-bond acceptors (Lipinski definition) is 6. The Labute approximate surface area is 117 Å². The van der Waals surface area contributed by atoms with Crippen LogP contribution < -0.4 is 4.72 Å². The third kappa shape index (κ3) is 4.72. The summed E-state index contributed by atoms with van der Waals surface area (Å²) in [7, 11) is -3.02. The zero-order chi connectivity index (χ0) is 15.4. The number of halogens is 3. The van der Waals surface area contributed by atoms with Crippen molar-refractivity contribution in [3.05, 3.63) is 11.2 Å². The van der Waals surface area contributed by atoms with Crippen LogP contribution in [0, 0.1) is 0 Å². The van der Waals surface area contributed by atoms with Crippen molar-refractivity contribution in [1.82, 2.24) is 9.71 Å². The number of aromatic nitrogens is 1. The monoisotopic (exact) mass is 332 g/mol. The second-order valence-electron chi connectivity index (χ2n) is 3.60. The van der Waals surface area contributed by atoms with E-state index in [0.717, 1.165) is 12.6 Å². The fourth-order valence-electron chi connectivity index (χ4n) is 1.22. The Morgan fingerprint density at radius 2 is 2.15 bits per heavy atom. The topological polar surface area (TPSA) is 85.4 Å². The fraction of sp³-hybridized carbons (Fsp3) is 0.556. The zero-order valence-corrected chi connectivity index (χ0v) is 11.9. The van der Waals surface area contributed by atoms with Gasteiger partial charge in [-0.3, -0.25) is 0 Å². The van der Waals surface area contributed by atoms with Gasteiger partial charge in [-0.05, 0) is 6.42 Å². The number of carbonyl (C=O) groups excluding carboxylic acids is 1. The van der Waals surface area contributed by atoms with E-state index in [0.29, 0.717) is 11.3 Å². The van der Waals surface area contributed by atoms with Crippen molar-refractivity contribution in [3.63, 3.8) is 0 Å². The lowest BCUT2D eigenvalue weighted by atomic mass is 10.3. The van der Waals surface area contributed by atoms with Crippen LogP contribution in [-0.4, -0.2) is 39.2 Å². The highest BCUT2D eigenvalue weighted by Gasteiger charge is 2.28. The van der Waals surface area contributed by atoms with Gasteiger partial charge in [-0.15, -0.1) is 11.3 Å². The van der Waals surface area contributed by atoms with Crippen LogP contribution in [-0.2, 0) is 14.8 Å². The number of ether oxygens (including phenoxy) is 1. The molecule has 0 aliphatic carbocycles. The van der Waals surface area contributed by atoms with Gasteiger partial charge in [0.05, 0.1) is 12.6 Å². The third-order valence-corrected chi connectivity index (χ3v) is 4.92. The summed E-state index contributed by atoms with van der Waals surface area (Å²) in [5, 5.41) is 0. The largest absolute Gasteiger partial charge is 0.464 e. The molecule has 1 rings (SSSR count). The van der Waals surface area contributed by atoms with Gasteiger partial charge in [-0.2, -0.15) is 13.2 Å². The Morgan fingerprint density at radius 1 is 1.50 bits per heavy atom. The van der Waals surface area contributed by atoms with Crippen molar-refractivity contribution in [3.8, 4) is 0 Å². The van der Waals surface area contributed by atoms with E-state index in [1.165, 1.54) is 0 Å². The molecule has 1 aromatic rings. The lowest BCUT2D eigenvalue weighted by Gasteiger charge is -2.07. The molecule has 0 radical (unpaired) electrons. The Hall–Kier alpha value is -1.20. The van der Waals surface area contributed by atoms with Crippen LogP contribution in [0.5, 0.6) is 0 Å². The number of rotatable bonds is 6. The molecule has 0 atom stereocenters. The van der Waals surface area contributed by atoms with E-state index in [2.05, 4.69) is 9.72 Å². The molecule has 0 aliphatic heterocycles. The lowest BCUT2D eigenvalue weighted by Crippen LogP contribution is -2.26. The zero-order valence-electron chi connectivity index (χ0n) is 10.2. The second kappa shape index (κ2) is 6.50. The SMILES string of the molecule is COC(=O)c1ncsc1S(=O)(=O)NCCCC(F)(F)F. The molecule has 0 aromatic carbocycles. The highest BCUT2D eigenvalue weighted by molar-refractivity contribution is 7.91.